The van der Waals surface area contributed by atoms with Gasteiger partial charge in [0.15, 0.2) is 0 Å². The molecule has 0 aliphatic heterocycles. The van der Waals surface area contributed by atoms with Gasteiger partial charge in [-0.25, -0.2) is 0 Å². The largest absolute Gasteiger partial charge is 0.455 e. The molecule has 0 saturated heterocycles. The summed E-state index contributed by atoms with van der Waals surface area (Å²) in [6.45, 7) is 0. The van der Waals surface area contributed by atoms with E-state index in [9.17, 15) is 0 Å². The van der Waals surface area contributed by atoms with Gasteiger partial charge >= 0.3 is 0 Å². The average molecular weight is 1920 g/mol. The molecule has 6 heteroatoms. The third-order valence-electron chi connectivity index (χ3n) is 28.5. The summed E-state index contributed by atoms with van der Waals surface area (Å²) in [4.78, 5) is 6.93. The molecule has 150 heavy (non-hydrogen) atoms. The van der Waals surface area contributed by atoms with Crippen molar-refractivity contribution in [3.8, 4) is 134 Å². The van der Waals surface area contributed by atoms with Gasteiger partial charge < -0.3 is 28.0 Å². The number of hydrogen-bond donors (Lipinski definition) is 0. The van der Waals surface area contributed by atoms with E-state index in [0.29, 0.717) is 0 Å². The third-order valence-corrected chi connectivity index (χ3v) is 28.5. The number of hydrogen-bond acceptors (Lipinski definition) is 6. The van der Waals surface area contributed by atoms with Crippen LogP contribution in [0.15, 0.2) is 614 Å². The lowest BCUT2D eigenvalue weighted by Crippen LogP contribution is -2.09. The monoisotopic (exact) mass is 1920 g/mol. The topological polar surface area (TPSA) is 49.1 Å². The second-order valence-corrected chi connectivity index (χ2v) is 37.7. The number of nitrogens with zero attached hydrogens (tertiary/aromatic N) is 3. The summed E-state index contributed by atoms with van der Waals surface area (Å²) in [6, 6.07) is 213. The average Bonchev–Trinajstić information content (AvgIpc) is 1.61. The SMILES string of the molecule is c1ccc(-c2ccc(-c3cc(-c4ccc(N(c5ccc(-c6ccccc6)cc5)c5ccc(-c6ccccc6)cc5)cc4)cc4c3oc3ccccc34)cc2)cc1.c1ccc(-c2ccc(-c3cc(-c4ccc(N(c5ccccc5)c5ccc(-c6ccccc6)cc5)cc4)cc4c3oc3ccccc34)cc2)cc1.c1ccc(-c2ccc(-c3cc(-c4ccc(N(c5ccccc5)c5ccccc5)cc4)cc4c3oc3ccccc34)cc2)cc1. The van der Waals surface area contributed by atoms with Crippen LogP contribution in [-0.4, -0.2) is 0 Å². The Bertz CT molecular complexity index is 9230. The van der Waals surface area contributed by atoms with E-state index in [2.05, 4.69) is 591 Å². The maximum atomic E-state index is 6.56. The maximum absolute atomic E-state index is 6.56. The van der Waals surface area contributed by atoms with Crippen LogP contribution in [-0.2, 0) is 0 Å². The Labute approximate surface area is 872 Å². The smallest absolute Gasteiger partial charge is 0.143 e. The molecule has 27 aromatic rings. The quantitative estimate of drug-likeness (QED) is 0.0715. The zero-order valence-electron chi connectivity index (χ0n) is 82.2. The summed E-state index contributed by atoms with van der Waals surface area (Å²) in [5, 5.41) is 6.73. The fourth-order valence-electron chi connectivity index (χ4n) is 20.8. The molecule has 0 unspecified atom stereocenters. The molecule has 0 fully saturated rings. The molecule has 3 aromatic heterocycles. The van der Waals surface area contributed by atoms with E-state index in [1.54, 1.807) is 0 Å². The fourth-order valence-corrected chi connectivity index (χ4v) is 20.8. The first-order valence-electron chi connectivity index (χ1n) is 51.0. The Morgan fingerprint density at radius 3 is 0.433 bits per heavy atom. The molecule has 27 rings (SSSR count). The van der Waals surface area contributed by atoms with Gasteiger partial charge in [-0.1, -0.05) is 437 Å². The van der Waals surface area contributed by atoms with Crippen molar-refractivity contribution >= 4 is 117 Å². The molecule has 0 atom stereocenters. The standard InChI is InChI=1S/C54H37NO.C48H33NO.C42H29NO/c1-4-12-38(13-5-1)41-20-22-45(23-21-41)51-36-46(37-52-50-18-10-11-19-53(50)56-54(51)52)44-28-34-49(35-29-44)55(47-30-24-42(25-31-47)39-14-6-2-7-15-39)48-32-26-43(27-33-48)40-16-8-3-9-17-40;1-4-12-34(13-5-1)36-20-22-39(23-21-36)45-32-40(33-46-44-18-10-11-19-47(44)50-48(45)46)38-26-30-43(31-27-38)49(41-16-8-3-9-17-41)42-28-24-37(25-29-42)35-14-6-2-7-15-35;1-4-12-30(13-5-1)31-20-22-33(23-21-31)39-28-34(29-40-38-18-10-11-19-41(38)44-42(39)40)32-24-26-37(27-25-32)43(35-14-6-2-7-15-35)36-16-8-3-9-17-36/h1-37H;1-33H;1-29H. The number of furan rings is 3. The summed E-state index contributed by atoms with van der Waals surface area (Å²) >= 11 is 0. The third kappa shape index (κ3) is 18.9. The maximum Gasteiger partial charge on any atom is 0.143 e. The molecule has 0 amide bonds. The minimum atomic E-state index is 0.893. The van der Waals surface area contributed by atoms with Crippen molar-refractivity contribution in [1.82, 2.24) is 0 Å². The minimum absolute atomic E-state index is 0.893. The van der Waals surface area contributed by atoms with Crippen LogP contribution in [0.4, 0.5) is 51.2 Å². The van der Waals surface area contributed by atoms with Gasteiger partial charge in [-0.2, -0.15) is 0 Å². The van der Waals surface area contributed by atoms with Crippen molar-refractivity contribution in [3.63, 3.8) is 0 Å². The molecule has 0 saturated carbocycles. The first-order valence-corrected chi connectivity index (χ1v) is 51.0. The van der Waals surface area contributed by atoms with Crippen LogP contribution in [0.25, 0.3) is 199 Å². The Morgan fingerprint density at radius 2 is 0.240 bits per heavy atom. The molecular formula is C144H99N3O3. The second kappa shape index (κ2) is 41.4. The first-order chi connectivity index (χ1) is 74.3. The zero-order chi connectivity index (χ0) is 99.8. The van der Waals surface area contributed by atoms with Crippen LogP contribution in [0, 0.1) is 0 Å². The van der Waals surface area contributed by atoms with E-state index in [-0.39, 0.29) is 0 Å². The highest BCUT2D eigenvalue weighted by molar-refractivity contribution is 6.15. The predicted molar refractivity (Wildman–Crippen MR) is 630 cm³/mol. The first kappa shape index (κ1) is 91.3. The van der Waals surface area contributed by atoms with Gasteiger partial charge in [-0.3, -0.25) is 0 Å². The van der Waals surface area contributed by atoms with Gasteiger partial charge in [0.1, 0.15) is 33.5 Å². The van der Waals surface area contributed by atoms with Crippen LogP contribution in [0.3, 0.4) is 0 Å². The summed E-state index contributed by atoms with van der Waals surface area (Å²) in [6.07, 6.45) is 0. The highest BCUT2D eigenvalue weighted by atomic mass is 16.3. The van der Waals surface area contributed by atoms with Gasteiger partial charge in [0.05, 0.1) is 0 Å². The van der Waals surface area contributed by atoms with Crippen molar-refractivity contribution < 1.29 is 13.3 Å². The lowest BCUT2D eigenvalue weighted by Gasteiger charge is -2.26. The molecule has 3 heterocycles. The van der Waals surface area contributed by atoms with Crippen LogP contribution in [0.1, 0.15) is 0 Å². The molecule has 0 aliphatic carbocycles. The summed E-state index contributed by atoms with van der Waals surface area (Å²) in [5.74, 6) is 0. The van der Waals surface area contributed by atoms with Gasteiger partial charge in [-0.15, -0.1) is 0 Å². The van der Waals surface area contributed by atoms with Crippen molar-refractivity contribution in [3.05, 3.63) is 601 Å². The Morgan fingerprint density at radius 1 is 0.100 bits per heavy atom. The molecule has 24 aromatic carbocycles. The van der Waals surface area contributed by atoms with E-state index >= 15 is 0 Å². The van der Waals surface area contributed by atoms with Gasteiger partial charge in [0, 0.05) is 100 Å². The molecule has 708 valence electrons. The molecule has 6 nitrogen and oxygen atoms in total. The second-order valence-electron chi connectivity index (χ2n) is 37.7. The lowest BCUT2D eigenvalue weighted by atomic mass is 9.94. The van der Waals surface area contributed by atoms with Gasteiger partial charge in [0.2, 0.25) is 0 Å². The molecule has 0 N–H and O–H groups in total. The number of fused-ring (bicyclic) bond motifs is 9. The lowest BCUT2D eigenvalue weighted by molar-refractivity contribution is 0.669. The zero-order valence-corrected chi connectivity index (χ0v) is 82.2. The molecule has 0 bridgehead atoms. The molecule has 0 radical (unpaired) electrons. The highest BCUT2D eigenvalue weighted by Crippen LogP contribution is 2.49. The van der Waals surface area contributed by atoms with Crippen LogP contribution in [0.2, 0.25) is 0 Å². The van der Waals surface area contributed by atoms with E-state index in [4.69, 9.17) is 13.3 Å². The predicted octanol–water partition coefficient (Wildman–Crippen LogP) is 41.2. The van der Waals surface area contributed by atoms with Crippen LogP contribution in [0.5, 0.6) is 0 Å². The van der Waals surface area contributed by atoms with E-state index in [1.807, 2.05) is 24.3 Å². The Kier molecular flexibility index (Phi) is 25.2. The van der Waals surface area contributed by atoms with Crippen molar-refractivity contribution in [2.45, 2.75) is 0 Å². The fraction of sp³-hybridized carbons (Fsp3) is 0. The Balaban J connectivity index is 0.000000117. The van der Waals surface area contributed by atoms with Crippen molar-refractivity contribution in [2.24, 2.45) is 0 Å². The minimum Gasteiger partial charge on any atom is -0.455 e. The van der Waals surface area contributed by atoms with Crippen molar-refractivity contribution in [1.29, 1.82) is 0 Å². The van der Waals surface area contributed by atoms with Crippen LogP contribution >= 0.6 is 0 Å². The number of anilines is 9. The molecule has 0 aliphatic rings. The summed E-state index contributed by atoms with van der Waals surface area (Å²) in [7, 11) is 0. The molecule has 0 spiro atoms. The number of benzene rings is 24. The van der Waals surface area contributed by atoms with E-state index < -0.39 is 0 Å². The number of rotatable bonds is 21. The van der Waals surface area contributed by atoms with Crippen molar-refractivity contribution in [2.75, 3.05) is 14.7 Å². The summed E-state index contributed by atoms with van der Waals surface area (Å²) < 4.78 is 19.6. The normalized spacial score (nSPS) is 11.2. The highest BCUT2D eigenvalue weighted by Gasteiger charge is 2.24. The van der Waals surface area contributed by atoms with Crippen LogP contribution < -0.4 is 14.7 Å². The number of para-hydroxylation sites is 6. The van der Waals surface area contributed by atoms with E-state index in [1.165, 1.54) is 66.8 Å². The summed E-state index contributed by atoms with van der Waals surface area (Å²) in [5.41, 5.74) is 43.3. The van der Waals surface area contributed by atoms with Gasteiger partial charge in [0.25, 0.3) is 0 Å². The Hall–Kier alpha value is -19.9. The van der Waals surface area contributed by atoms with Gasteiger partial charge in [-0.05, 0) is 281 Å². The molecular weight excluding hydrogens is 1820 g/mol. The van der Waals surface area contributed by atoms with E-state index in [0.717, 1.165) is 184 Å².